The van der Waals surface area contributed by atoms with Gasteiger partial charge in [-0.15, -0.1) is 11.3 Å². The van der Waals surface area contributed by atoms with Crippen LogP contribution in [0.5, 0.6) is 5.75 Å². The Morgan fingerprint density at radius 1 is 1.07 bits per heavy atom. The van der Waals surface area contributed by atoms with Crippen molar-refractivity contribution in [2.24, 2.45) is 0 Å². The molecule has 2 aromatic rings. The normalized spacial score (nSPS) is 9.21. The van der Waals surface area contributed by atoms with E-state index >= 15 is 0 Å². The molecule has 3 heteroatoms. The molecule has 1 nitrogen and oxygen atoms in total. The van der Waals surface area contributed by atoms with Gasteiger partial charge in [-0.25, -0.2) is 0 Å². The van der Waals surface area contributed by atoms with Gasteiger partial charge in [0.1, 0.15) is 5.75 Å². The van der Waals surface area contributed by atoms with Gasteiger partial charge < -0.3 is 4.74 Å². The maximum absolute atomic E-state index is 5.09. The lowest BCUT2D eigenvalue weighted by Gasteiger charge is -2.00. The molecule has 14 heavy (non-hydrogen) atoms. The molecule has 0 spiro atoms. The third-order valence-electron chi connectivity index (χ3n) is 1.90. The quantitative estimate of drug-likeness (QED) is 0.758. The van der Waals surface area contributed by atoms with Crippen LogP contribution >= 0.6 is 24.8 Å². The Morgan fingerprint density at radius 2 is 1.79 bits per heavy atom. The summed E-state index contributed by atoms with van der Waals surface area (Å²) in [5, 5.41) is 2.08. The third kappa shape index (κ3) is 2.30. The topological polar surface area (TPSA) is 9.23 Å². The van der Waals surface area contributed by atoms with Crippen LogP contribution in [0.15, 0.2) is 41.8 Å². The predicted octanol–water partition coefficient (Wildman–Crippen LogP) is 3.54. The number of benzene rings is 1. The summed E-state index contributed by atoms with van der Waals surface area (Å²) in [4.78, 5) is 1.29. The summed E-state index contributed by atoms with van der Waals surface area (Å²) in [6, 6.07) is 12.3. The molecule has 0 saturated heterocycles. The summed E-state index contributed by atoms with van der Waals surface area (Å²) >= 11 is 1.75. The molecule has 0 radical (unpaired) electrons. The average Bonchev–Trinajstić information content (AvgIpc) is 2.71. The Hall–Kier alpha value is -0.930. The first-order valence-electron chi connectivity index (χ1n) is 4.08. The highest BCUT2D eigenvalue weighted by molar-refractivity contribution is 7.59. The number of ether oxygens (including phenoxy) is 1. The van der Waals surface area contributed by atoms with E-state index in [1.54, 1.807) is 18.4 Å². The second kappa shape index (κ2) is 5.08. The van der Waals surface area contributed by atoms with E-state index in [2.05, 4.69) is 29.6 Å². The van der Waals surface area contributed by atoms with E-state index in [9.17, 15) is 0 Å². The van der Waals surface area contributed by atoms with Crippen LogP contribution < -0.4 is 4.74 Å². The molecule has 0 saturated carbocycles. The number of thiophene rings is 1. The van der Waals surface area contributed by atoms with E-state index in [0.29, 0.717) is 0 Å². The maximum Gasteiger partial charge on any atom is 0.118 e. The highest BCUT2D eigenvalue weighted by Crippen LogP contribution is 2.25. The fourth-order valence-corrected chi connectivity index (χ4v) is 1.93. The first kappa shape index (κ1) is 11.1. The molecule has 0 aliphatic carbocycles. The van der Waals surface area contributed by atoms with E-state index in [0.717, 1.165) is 5.75 Å². The lowest BCUT2D eigenvalue weighted by atomic mass is 10.2. The Kier molecular flexibility index (Phi) is 4.04. The number of rotatable bonds is 2. The molecule has 0 aliphatic heterocycles. The second-order valence-corrected chi connectivity index (χ2v) is 3.65. The van der Waals surface area contributed by atoms with E-state index in [1.165, 1.54) is 10.4 Å². The molecule has 74 valence electrons. The molecule has 1 heterocycles. The van der Waals surface area contributed by atoms with Gasteiger partial charge in [-0.3, -0.25) is 0 Å². The van der Waals surface area contributed by atoms with Crippen LogP contribution in [0.25, 0.3) is 10.4 Å². The molecule has 1 aromatic carbocycles. The van der Waals surface area contributed by atoms with E-state index < -0.39 is 0 Å². The molecule has 0 amide bonds. The first-order chi connectivity index (χ1) is 6.40. The van der Waals surface area contributed by atoms with Gasteiger partial charge >= 0.3 is 0 Å². The summed E-state index contributed by atoms with van der Waals surface area (Å²) < 4.78 is 5.09. The van der Waals surface area contributed by atoms with Crippen molar-refractivity contribution in [3.8, 4) is 16.2 Å². The van der Waals surface area contributed by atoms with Gasteiger partial charge in [-0.05, 0) is 41.3 Å². The van der Waals surface area contributed by atoms with Gasteiger partial charge in [-0.1, -0.05) is 6.07 Å². The van der Waals surface area contributed by atoms with Gasteiger partial charge in [0.25, 0.3) is 0 Å². The Bertz CT molecular complexity index is 365. The van der Waals surface area contributed by atoms with Crippen LogP contribution in [-0.4, -0.2) is 7.11 Å². The van der Waals surface area contributed by atoms with Crippen molar-refractivity contribution < 1.29 is 4.74 Å². The van der Waals surface area contributed by atoms with Crippen LogP contribution in [0, 0.1) is 0 Å². The highest BCUT2D eigenvalue weighted by atomic mass is 32.1. The van der Waals surface area contributed by atoms with Gasteiger partial charge in [0.05, 0.1) is 7.11 Å². The molecule has 0 fully saturated rings. The lowest BCUT2D eigenvalue weighted by Crippen LogP contribution is -1.81. The van der Waals surface area contributed by atoms with Crippen molar-refractivity contribution in [3.05, 3.63) is 41.8 Å². The van der Waals surface area contributed by atoms with Gasteiger partial charge in [0, 0.05) is 4.88 Å². The molecule has 0 N–H and O–H groups in total. The van der Waals surface area contributed by atoms with Crippen LogP contribution in [-0.2, 0) is 0 Å². The monoisotopic (exact) mass is 224 g/mol. The minimum atomic E-state index is 0. The Balaban J connectivity index is 0.000000980. The SMILES string of the molecule is COc1ccc(-c2cccs2)cc1.S. The van der Waals surface area contributed by atoms with Crippen LogP contribution in [0.4, 0.5) is 0 Å². The summed E-state index contributed by atoms with van der Waals surface area (Å²) in [7, 11) is 1.68. The van der Waals surface area contributed by atoms with Crippen molar-refractivity contribution >= 4 is 24.8 Å². The maximum atomic E-state index is 5.09. The summed E-state index contributed by atoms with van der Waals surface area (Å²) in [5.74, 6) is 0.903. The van der Waals surface area contributed by atoms with Crippen molar-refractivity contribution in [2.75, 3.05) is 7.11 Å². The van der Waals surface area contributed by atoms with Gasteiger partial charge in [0.2, 0.25) is 0 Å². The minimum absolute atomic E-state index is 0. The van der Waals surface area contributed by atoms with E-state index in [1.807, 2.05) is 12.1 Å². The van der Waals surface area contributed by atoms with E-state index in [-0.39, 0.29) is 13.5 Å². The summed E-state index contributed by atoms with van der Waals surface area (Å²) in [6.07, 6.45) is 0. The molecular weight excluding hydrogens is 212 g/mol. The molecule has 0 aliphatic rings. The molecular formula is C11H12OS2. The van der Waals surface area contributed by atoms with Crippen LogP contribution in [0.3, 0.4) is 0 Å². The zero-order valence-corrected chi connectivity index (χ0v) is 9.67. The fourth-order valence-electron chi connectivity index (χ4n) is 1.20. The summed E-state index contributed by atoms with van der Waals surface area (Å²) in [5.41, 5.74) is 1.25. The minimum Gasteiger partial charge on any atom is -0.497 e. The zero-order valence-electron chi connectivity index (χ0n) is 7.86. The van der Waals surface area contributed by atoms with Crippen molar-refractivity contribution in [2.45, 2.75) is 0 Å². The summed E-state index contributed by atoms with van der Waals surface area (Å²) in [6.45, 7) is 0. The largest absolute Gasteiger partial charge is 0.497 e. The predicted molar refractivity (Wildman–Crippen MR) is 66.7 cm³/mol. The van der Waals surface area contributed by atoms with E-state index in [4.69, 9.17) is 4.74 Å². The second-order valence-electron chi connectivity index (χ2n) is 2.71. The number of methoxy groups -OCH3 is 1. The van der Waals surface area contributed by atoms with Crippen molar-refractivity contribution in [1.29, 1.82) is 0 Å². The third-order valence-corrected chi connectivity index (χ3v) is 2.81. The number of hydrogen-bond acceptors (Lipinski definition) is 2. The molecule has 0 unspecified atom stereocenters. The van der Waals surface area contributed by atoms with Crippen molar-refractivity contribution in [1.82, 2.24) is 0 Å². The number of hydrogen-bond donors (Lipinski definition) is 0. The molecule has 1 aromatic heterocycles. The zero-order chi connectivity index (χ0) is 9.10. The molecule has 2 rings (SSSR count). The highest BCUT2D eigenvalue weighted by Gasteiger charge is 1.97. The molecule has 0 bridgehead atoms. The smallest absolute Gasteiger partial charge is 0.118 e. The Morgan fingerprint density at radius 3 is 2.29 bits per heavy atom. The van der Waals surface area contributed by atoms with Gasteiger partial charge in [-0.2, -0.15) is 13.5 Å². The Labute approximate surface area is 94.8 Å². The fraction of sp³-hybridized carbons (Fsp3) is 0.0909. The van der Waals surface area contributed by atoms with Crippen LogP contribution in [0.1, 0.15) is 0 Å². The standard InChI is InChI=1S/C11H10OS.H2S/c1-12-10-6-4-9(5-7-10)11-3-2-8-13-11;/h2-8H,1H3;1H2. The molecule has 0 atom stereocenters. The van der Waals surface area contributed by atoms with Crippen molar-refractivity contribution in [3.63, 3.8) is 0 Å². The first-order valence-corrected chi connectivity index (χ1v) is 4.96. The van der Waals surface area contributed by atoms with Gasteiger partial charge in [0.15, 0.2) is 0 Å². The average molecular weight is 224 g/mol. The van der Waals surface area contributed by atoms with Crippen LogP contribution in [0.2, 0.25) is 0 Å². The lowest BCUT2D eigenvalue weighted by molar-refractivity contribution is 0.415.